The second kappa shape index (κ2) is 8.18. The Morgan fingerprint density at radius 1 is 1.06 bits per heavy atom. The van der Waals surface area contributed by atoms with Crippen molar-refractivity contribution >= 4 is 11.5 Å². The molecule has 2 aliphatic rings. The van der Waals surface area contributed by atoms with E-state index < -0.39 is 11.6 Å². The van der Waals surface area contributed by atoms with Crippen LogP contribution in [0.2, 0.25) is 0 Å². The lowest BCUT2D eigenvalue weighted by Crippen LogP contribution is -2.26. The minimum atomic E-state index is -0.444. The van der Waals surface area contributed by atoms with Gasteiger partial charge < -0.3 is 14.6 Å². The van der Waals surface area contributed by atoms with Crippen molar-refractivity contribution < 1.29 is 13.2 Å². The zero-order chi connectivity index (χ0) is 22.4. The third-order valence-corrected chi connectivity index (χ3v) is 6.58. The third kappa shape index (κ3) is 3.64. The molecule has 0 unspecified atom stereocenters. The molecule has 1 aromatic carbocycles. The largest absolute Gasteiger partial charge is 0.420 e. The van der Waals surface area contributed by atoms with Crippen LogP contribution in [0.5, 0.6) is 0 Å². The number of rotatable bonds is 4. The Labute approximate surface area is 188 Å². The van der Waals surface area contributed by atoms with Gasteiger partial charge in [-0.1, -0.05) is 0 Å². The molecule has 8 nitrogen and oxygen atoms in total. The minimum absolute atomic E-state index is 0.254. The fourth-order valence-electron chi connectivity index (χ4n) is 4.88. The van der Waals surface area contributed by atoms with Crippen molar-refractivity contribution in [2.75, 3.05) is 24.5 Å². The average Bonchev–Trinajstić information content (AvgIpc) is 3.60. The van der Waals surface area contributed by atoms with Gasteiger partial charge in [0.15, 0.2) is 5.65 Å². The zero-order valence-corrected chi connectivity index (χ0v) is 17.9. The maximum absolute atomic E-state index is 14.5. The first-order valence-electron chi connectivity index (χ1n) is 11.3. The molecule has 33 heavy (non-hydrogen) atoms. The first-order valence-corrected chi connectivity index (χ1v) is 11.3. The van der Waals surface area contributed by atoms with Crippen LogP contribution >= 0.6 is 0 Å². The molecule has 2 fully saturated rings. The number of piperidine rings is 1. The number of halogens is 2. The van der Waals surface area contributed by atoms with E-state index in [9.17, 15) is 8.78 Å². The van der Waals surface area contributed by atoms with Crippen molar-refractivity contribution in [3.05, 3.63) is 59.7 Å². The Balaban J connectivity index is 1.34. The van der Waals surface area contributed by atoms with E-state index in [0.29, 0.717) is 40.9 Å². The van der Waals surface area contributed by atoms with Gasteiger partial charge in [0.1, 0.15) is 23.0 Å². The molecule has 1 N–H and O–H groups in total. The molecule has 0 aliphatic carbocycles. The topological polar surface area (TPSA) is 84.4 Å². The van der Waals surface area contributed by atoms with Crippen molar-refractivity contribution in [1.29, 1.82) is 0 Å². The smallest absolute Gasteiger partial charge is 0.253 e. The third-order valence-electron chi connectivity index (χ3n) is 6.58. The maximum Gasteiger partial charge on any atom is 0.253 e. The molecule has 1 atom stereocenters. The van der Waals surface area contributed by atoms with Crippen LogP contribution in [0.1, 0.15) is 49.1 Å². The van der Waals surface area contributed by atoms with Gasteiger partial charge in [-0.25, -0.2) is 18.3 Å². The summed E-state index contributed by atoms with van der Waals surface area (Å²) in [5.41, 5.74) is 1.59. The van der Waals surface area contributed by atoms with Gasteiger partial charge in [-0.3, -0.25) is 0 Å². The molecule has 170 valence electrons. The number of aromatic nitrogens is 5. The summed E-state index contributed by atoms with van der Waals surface area (Å²) in [6.45, 7) is 2.58. The standard InChI is InChI=1S/C23H23F2N7O/c24-15-3-4-18(25)16(12-15)19-2-1-10-31(19)20-7-11-32-21(28-20)17(13-27-32)23-30-29-22(33-23)14-5-8-26-9-6-14/h3-4,7,11-14,19,26H,1-2,5-6,8-10H2/t19-/m1/s1. The average molecular weight is 451 g/mol. The van der Waals surface area contributed by atoms with Gasteiger partial charge in [0, 0.05) is 24.2 Å². The molecule has 10 heteroatoms. The molecule has 2 aliphatic heterocycles. The van der Waals surface area contributed by atoms with Gasteiger partial charge in [0.05, 0.1) is 12.2 Å². The second-order valence-corrected chi connectivity index (χ2v) is 8.60. The Bertz CT molecular complexity index is 1300. The number of nitrogens with zero attached hydrogens (tertiary/aromatic N) is 6. The van der Waals surface area contributed by atoms with Crippen LogP contribution in [-0.4, -0.2) is 44.4 Å². The van der Waals surface area contributed by atoms with Gasteiger partial charge in [-0.15, -0.1) is 10.2 Å². The molecule has 2 saturated heterocycles. The Kier molecular flexibility index (Phi) is 5.01. The first kappa shape index (κ1) is 20.2. The molecule has 0 radical (unpaired) electrons. The second-order valence-electron chi connectivity index (χ2n) is 8.60. The van der Waals surface area contributed by atoms with Gasteiger partial charge in [0.2, 0.25) is 5.89 Å². The number of hydrogen-bond acceptors (Lipinski definition) is 7. The summed E-state index contributed by atoms with van der Waals surface area (Å²) in [4.78, 5) is 6.83. The van der Waals surface area contributed by atoms with E-state index in [-0.39, 0.29) is 12.0 Å². The van der Waals surface area contributed by atoms with Gasteiger partial charge in [-0.05, 0) is 63.0 Å². The van der Waals surface area contributed by atoms with E-state index in [1.807, 2.05) is 17.2 Å². The highest BCUT2D eigenvalue weighted by Gasteiger charge is 2.30. The van der Waals surface area contributed by atoms with Crippen molar-refractivity contribution in [1.82, 2.24) is 30.1 Å². The predicted molar refractivity (Wildman–Crippen MR) is 117 cm³/mol. The monoisotopic (exact) mass is 451 g/mol. The molecule has 0 saturated carbocycles. The normalized spacial score (nSPS) is 19.6. The van der Waals surface area contributed by atoms with Crippen molar-refractivity contribution in [2.45, 2.75) is 37.6 Å². The molecule has 5 heterocycles. The lowest BCUT2D eigenvalue weighted by Gasteiger charge is -2.26. The number of hydrogen-bond donors (Lipinski definition) is 1. The summed E-state index contributed by atoms with van der Waals surface area (Å²) in [5.74, 6) is 1.11. The van der Waals surface area contributed by atoms with E-state index in [2.05, 4.69) is 20.6 Å². The summed E-state index contributed by atoms with van der Waals surface area (Å²) in [5, 5.41) is 16.2. The number of benzene rings is 1. The summed E-state index contributed by atoms with van der Waals surface area (Å²) < 4.78 is 36.0. The molecule has 3 aromatic heterocycles. The molecule has 4 aromatic rings. The highest BCUT2D eigenvalue weighted by atomic mass is 19.1. The minimum Gasteiger partial charge on any atom is -0.420 e. The van der Waals surface area contributed by atoms with Crippen molar-refractivity contribution in [2.24, 2.45) is 0 Å². The molecule has 0 spiro atoms. The Morgan fingerprint density at radius 3 is 2.82 bits per heavy atom. The van der Waals surface area contributed by atoms with E-state index >= 15 is 0 Å². The van der Waals surface area contributed by atoms with Crippen LogP contribution < -0.4 is 10.2 Å². The van der Waals surface area contributed by atoms with Gasteiger partial charge >= 0.3 is 0 Å². The van der Waals surface area contributed by atoms with Crippen LogP contribution in [-0.2, 0) is 0 Å². The van der Waals surface area contributed by atoms with Gasteiger partial charge in [0.25, 0.3) is 5.89 Å². The first-order chi connectivity index (χ1) is 16.2. The van der Waals surface area contributed by atoms with Crippen molar-refractivity contribution in [3.8, 4) is 11.5 Å². The van der Waals surface area contributed by atoms with E-state index in [1.54, 1.807) is 10.7 Å². The van der Waals surface area contributed by atoms with Crippen LogP contribution in [0.25, 0.3) is 17.1 Å². The molecule has 0 amide bonds. The maximum atomic E-state index is 14.5. The summed E-state index contributed by atoms with van der Waals surface area (Å²) >= 11 is 0. The quantitative estimate of drug-likeness (QED) is 0.504. The lowest BCUT2D eigenvalue weighted by atomic mass is 9.98. The molecule has 0 bridgehead atoms. The summed E-state index contributed by atoms with van der Waals surface area (Å²) in [7, 11) is 0. The fourth-order valence-corrected chi connectivity index (χ4v) is 4.88. The number of anilines is 1. The van der Waals surface area contributed by atoms with Gasteiger partial charge in [-0.2, -0.15) is 5.10 Å². The molecular formula is C23H23F2N7O. The van der Waals surface area contributed by atoms with Crippen molar-refractivity contribution in [3.63, 3.8) is 0 Å². The van der Waals surface area contributed by atoms with Crippen LogP contribution in [0, 0.1) is 11.6 Å². The van der Waals surface area contributed by atoms with Crippen LogP contribution in [0.3, 0.4) is 0 Å². The molecular weight excluding hydrogens is 428 g/mol. The summed E-state index contributed by atoms with van der Waals surface area (Å²) in [6, 6.07) is 5.17. The molecule has 6 rings (SSSR count). The Morgan fingerprint density at radius 2 is 1.94 bits per heavy atom. The van der Waals surface area contributed by atoms with E-state index in [4.69, 9.17) is 9.40 Å². The Hall–Kier alpha value is -3.40. The van der Waals surface area contributed by atoms with Crippen LogP contribution in [0.4, 0.5) is 14.6 Å². The highest BCUT2D eigenvalue weighted by Crippen LogP contribution is 2.37. The SMILES string of the molecule is Fc1ccc(F)c([C@H]2CCCN2c2ccn3ncc(-c4nnc(C5CCNCC5)o4)c3n2)c1. The predicted octanol–water partition coefficient (Wildman–Crippen LogP) is 3.87. The van der Waals surface area contributed by atoms with E-state index in [1.165, 1.54) is 12.1 Å². The van der Waals surface area contributed by atoms with Crippen LogP contribution in [0.15, 0.2) is 41.1 Å². The number of nitrogens with one attached hydrogen (secondary N) is 1. The highest BCUT2D eigenvalue weighted by molar-refractivity contribution is 5.72. The summed E-state index contributed by atoms with van der Waals surface area (Å²) in [6.07, 6.45) is 6.99. The fraction of sp³-hybridized carbons (Fsp3) is 0.391. The number of fused-ring (bicyclic) bond motifs is 1. The zero-order valence-electron chi connectivity index (χ0n) is 17.9. The van der Waals surface area contributed by atoms with E-state index in [0.717, 1.165) is 44.8 Å². The lowest BCUT2D eigenvalue weighted by molar-refractivity contribution is 0.378.